The van der Waals surface area contributed by atoms with E-state index in [1.807, 2.05) is 19.1 Å². The summed E-state index contributed by atoms with van der Waals surface area (Å²) in [6, 6.07) is 7.29. The molecule has 0 radical (unpaired) electrons. The van der Waals surface area contributed by atoms with Gasteiger partial charge in [0.05, 0.1) is 11.4 Å². The summed E-state index contributed by atoms with van der Waals surface area (Å²) >= 11 is 10.7. The second-order valence-electron chi connectivity index (χ2n) is 3.83. The van der Waals surface area contributed by atoms with E-state index >= 15 is 0 Å². The summed E-state index contributed by atoms with van der Waals surface area (Å²) in [6.07, 6.45) is 0. The van der Waals surface area contributed by atoms with Gasteiger partial charge in [-0.1, -0.05) is 16.8 Å². The van der Waals surface area contributed by atoms with E-state index in [-0.39, 0.29) is 4.84 Å². The van der Waals surface area contributed by atoms with Gasteiger partial charge in [-0.3, -0.25) is 0 Å². The van der Waals surface area contributed by atoms with Crippen molar-refractivity contribution in [2.24, 2.45) is 0 Å². The first-order valence-electron chi connectivity index (χ1n) is 5.39. The van der Waals surface area contributed by atoms with Crippen molar-refractivity contribution in [1.29, 1.82) is 0 Å². The normalized spacial score (nSPS) is 10.8. The Hall–Kier alpha value is -1.99. The van der Waals surface area contributed by atoms with Crippen molar-refractivity contribution in [1.82, 2.24) is 25.2 Å². The Balaban J connectivity index is 2.08. The van der Waals surface area contributed by atoms with E-state index in [0.717, 1.165) is 11.4 Å². The fraction of sp³-hybridized carbons (Fsp3) is 0.0909. The minimum Gasteiger partial charge on any atom is -0.408 e. The van der Waals surface area contributed by atoms with E-state index in [1.165, 1.54) is 0 Å². The van der Waals surface area contributed by atoms with Crippen LogP contribution < -0.4 is 0 Å². The van der Waals surface area contributed by atoms with Crippen LogP contribution in [0.5, 0.6) is 0 Å². The van der Waals surface area contributed by atoms with Crippen molar-refractivity contribution in [3.8, 4) is 17.3 Å². The number of benzene rings is 1. The molecule has 2 heterocycles. The Morgan fingerprint density at radius 3 is 2.68 bits per heavy atom. The first-order valence-corrected chi connectivity index (χ1v) is 6.18. The summed E-state index contributed by atoms with van der Waals surface area (Å²) in [6.45, 7) is 1.87. The molecule has 0 saturated heterocycles. The predicted octanol–water partition coefficient (Wildman–Crippen LogP) is 2.94. The molecule has 0 bridgehead atoms. The minimum absolute atomic E-state index is 0.204. The van der Waals surface area contributed by atoms with Crippen LogP contribution in [0.3, 0.4) is 0 Å². The highest BCUT2D eigenvalue weighted by Crippen LogP contribution is 2.21. The summed E-state index contributed by atoms with van der Waals surface area (Å²) in [5.74, 6) is 0.322. The molecule has 0 unspecified atom stereocenters. The lowest BCUT2D eigenvalue weighted by Crippen LogP contribution is -1.98. The van der Waals surface area contributed by atoms with Gasteiger partial charge in [0.15, 0.2) is 5.69 Å². The average Bonchev–Trinajstić information content (AvgIpc) is 2.97. The van der Waals surface area contributed by atoms with Crippen LogP contribution in [0.2, 0.25) is 5.02 Å². The highest BCUT2D eigenvalue weighted by atomic mass is 35.5. The van der Waals surface area contributed by atoms with E-state index in [1.54, 1.807) is 16.8 Å². The lowest BCUT2D eigenvalue weighted by Gasteiger charge is -2.02. The second kappa shape index (κ2) is 4.60. The first-order chi connectivity index (χ1) is 9.15. The number of hydrogen-bond donors (Lipinski definition) is 1. The number of hydrogen-bond acceptors (Lipinski definition) is 5. The van der Waals surface area contributed by atoms with Crippen LogP contribution in [0, 0.1) is 11.8 Å². The lowest BCUT2D eigenvalue weighted by molar-refractivity contribution is 0.549. The fourth-order valence-electron chi connectivity index (χ4n) is 1.69. The summed E-state index contributed by atoms with van der Waals surface area (Å²) in [7, 11) is 0. The smallest absolute Gasteiger partial charge is 0.284 e. The third-order valence-electron chi connectivity index (χ3n) is 2.61. The highest BCUT2D eigenvalue weighted by molar-refractivity contribution is 7.71. The fourth-order valence-corrected chi connectivity index (χ4v) is 1.94. The van der Waals surface area contributed by atoms with Gasteiger partial charge in [-0.2, -0.15) is 0 Å². The largest absolute Gasteiger partial charge is 0.408 e. The zero-order chi connectivity index (χ0) is 13.4. The van der Waals surface area contributed by atoms with Crippen molar-refractivity contribution in [3.05, 3.63) is 39.8 Å². The number of aromatic nitrogens is 5. The van der Waals surface area contributed by atoms with Gasteiger partial charge in [-0.05, 0) is 43.4 Å². The predicted molar refractivity (Wildman–Crippen MR) is 71.8 cm³/mol. The standard InChI is InChI=1S/C11H8ClN5OS/c1-6-9(10-14-15-11(19)18-10)13-16-17(6)8-4-2-7(12)3-5-8/h2-5H,1H3,(H,15,19). The van der Waals surface area contributed by atoms with Gasteiger partial charge in [0.1, 0.15) is 0 Å². The molecule has 96 valence electrons. The summed E-state index contributed by atoms with van der Waals surface area (Å²) < 4.78 is 6.91. The van der Waals surface area contributed by atoms with Crippen molar-refractivity contribution < 1.29 is 4.42 Å². The van der Waals surface area contributed by atoms with Crippen LogP contribution >= 0.6 is 23.8 Å². The summed E-state index contributed by atoms with van der Waals surface area (Å²) in [5, 5.41) is 15.3. The molecule has 0 aliphatic rings. The second-order valence-corrected chi connectivity index (χ2v) is 4.64. The van der Waals surface area contributed by atoms with Crippen LogP contribution in [-0.4, -0.2) is 25.2 Å². The van der Waals surface area contributed by atoms with Gasteiger partial charge in [0.25, 0.3) is 10.7 Å². The Bertz CT molecular complexity index is 773. The molecule has 0 aliphatic heterocycles. The van der Waals surface area contributed by atoms with Crippen molar-refractivity contribution >= 4 is 23.8 Å². The SMILES string of the molecule is Cc1c(-c2n[nH]c(=S)o2)nnn1-c1ccc(Cl)cc1. The molecule has 6 nitrogen and oxygen atoms in total. The van der Waals surface area contributed by atoms with Gasteiger partial charge < -0.3 is 4.42 Å². The molecule has 0 fully saturated rings. The van der Waals surface area contributed by atoms with Gasteiger partial charge in [-0.15, -0.1) is 10.2 Å². The molecular formula is C11H8ClN5OS. The Morgan fingerprint density at radius 1 is 1.32 bits per heavy atom. The number of nitrogens with zero attached hydrogens (tertiary/aromatic N) is 4. The molecule has 1 N–H and O–H groups in total. The Kier molecular flexibility index (Phi) is 2.92. The van der Waals surface area contributed by atoms with E-state index < -0.39 is 0 Å². The number of rotatable bonds is 2. The summed E-state index contributed by atoms with van der Waals surface area (Å²) in [4.78, 5) is 0.204. The molecule has 0 saturated carbocycles. The Labute approximate surface area is 118 Å². The molecule has 0 amide bonds. The van der Waals surface area contributed by atoms with E-state index in [9.17, 15) is 0 Å². The van der Waals surface area contributed by atoms with Gasteiger partial charge in [-0.25, -0.2) is 9.78 Å². The van der Waals surface area contributed by atoms with Crippen molar-refractivity contribution in [2.45, 2.75) is 6.92 Å². The first kappa shape index (κ1) is 12.1. The highest BCUT2D eigenvalue weighted by Gasteiger charge is 2.16. The molecular weight excluding hydrogens is 286 g/mol. The quantitative estimate of drug-likeness (QED) is 0.735. The molecule has 3 aromatic rings. The molecule has 3 rings (SSSR count). The zero-order valence-electron chi connectivity index (χ0n) is 9.79. The lowest BCUT2D eigenvalue weighted by atomic mass is 10.3. The van der Waals surface area contributed by atoms with E-state index in [2.05, 4.69) is 20.5 Å². The van der Waals surface area contributed by atoms with E-state index in [4.69, 9.17) is 28.2 Å². The van der Waals surface area contributed by atoms with Crippen LogP contribution in [0.1, 0.15) is 5.69 Å². The van der Waals surface area contributed by atoms with Gasteiger partial charge in [0.2, 0.25) is 0 Å². The van der Waals surface area contributed by atoms with Gasteiger partial charge >= 0.3 is 0 Å². The van der Waals surface area contributed by atoms with Crippen LogP contribution in [-0.2, 0) is 0 Å². The van der Waals surface area contributed by atoms with E-state index in [0.29, 0.717) is 16.6 Å². The average molecular weight is 294 g/mol. The topological polar surface area (TPSA) is 72.5 Å². The number of H-pyrrole nitrogens is 1. The van der Waals surface area contributed by atoms with Crippen LogP contribution in [0.15, 0.2) is 28.7 Å². The summed E-state index contributed by atoms with van der Waals surface area (Å²) in [5.41, 5.74) is 2.20. The molecule has 0 atom stereocenters. The maximum absolute atomic E-state index is 5.86. The van der Waals surface area contributed by atoms with Crippen LogP contribution in [0.25, 0.3) is 17.3 Å². The molecule has 2 aromatic heterocycles. The maximum atomic E-state index is 5.86. The molecule has 8 heteroatoms. The number of nitrogens with one attached hydrogen (secondary N) is 1. The number of aromatic amines is 1. The molecule has 19 heavy (non-hydrogen) atoms. The van der Waals surface area contributed by atoms with Crippen molar-refractivity contribution in [3.63, 3.8) is 0 Å². The Morgan fingerprint density at radius 2 is 2.05 bits per heavy atom. The van der Waals surface area contributed by atoms with Crippen LogP contribution in [0.4, 0.5) is 0 Å². The monoisotopic (exact) mass is 293 g/mol. The van der Waals surface area contributed by atoms with Crippen molar-refractivity contribution in [2.75, 3.05) is 0 Å². The maximum Gasteiger partial charge on any atom is 0.284 e. The van der Waals surface area contributed by atoms with Gasteiger partial charge in [0, 0.05) is 5.02 Å². The third kappa shape index (κ3) is 2.18. The zero-order valence-corrected chi connectivity index (χ0v) is 11.4. The number of halogens is 1. The minimum atomic E-state index is 0.204. The molecule has 1 aromatic carbocycles. The molecule has 0 aliphatic carbocycles. The third-order valence-corrected chi connectivity index (χ3v) is 3.03. The molecule has 0 spiro atoms.